The molecule has 1 heterocycles. The lowest BCUT2D eigenvalue weighted by Gasteiger charge is -2.32. The fraction of sp³-hybridized carbons (Fsp3) is 0.667. The van der Waals surface area contributed by atoms with Gasteiger partial charge in [-0.25, -0.2) is 4.79 Å². The number of carbonyl (C=O) groups is 3. The summed E-state index contributed by atoms with van der Waals surface area (Å²) in [4.78, 5) is 34.4. The van der Waals surface area contributed by atoms with Gasteiger partial charge in [-0.05, 0) is 6.92 Å². The highest BCUT2D eigenvalue weighted by Gasteiger charge is 2.34. The molecule has 16 heavy (non-hydrogen) atoms. The summed E-state index contributed by atoms with van der Waals surface area (Å²) in [7, 11) is 0. The fourth-order valence-electron chi connectivity index (χ4n) is 1.52. The molecule has 1 fully saturated rings. The number of nitrogens with zero attached hydrogens (tertiary/aromatic N) is 1. The third kappa shape index (κ3) is 2.85. The predicted octanol–water partition coefficient (Wildman–Crippen LogP) is -0.582. The van der Waals surface area contributed by atoms with Crippen LogP contribution in [0.1, 0.15) is 13.3 Å². The first-order valence-corrected chi connectivity index (χ1v) is 4.99. The first kappa shape index (κ1) is 12.3. The summed E-state index contributed by atoms with van der Waals surface area (Å²) in [5.74, 6) is -1.03. The number of ether oxygens (including phenoxy) is 1. The smallest absolute Gasteiger partial charge is 0.408 e. The number of amides is 2. The molecule has 2 N–H and O–H groups in total. The Morgan fingerprint density at radius 2 is 2.31 bits per heavy atom. The zero-order chi connectivity index (χ0) is 12.1. The molecule has 0 saturated carbocycles. The number of hydrogen-bond acceptors (Lipinski definition) is 4. The quantitative estimate of drug-likeness (QED) is 0.632. The lowest BCUT2D eigenvalue weighted by molar-refractivity contribution is -0.147. The highest BCUT2D eigenvalue weighted by atomic mass is 16.5. The van der Waals surface area contributed by atoms with E-state index in [0.29, 0.717) is 0 Å². The number of rotatable bonds is 3. The normalized spacial score (nSPS) is 20.2. The third-order valence-corrected chi connectivity index (χ3v) is 2.24. The van der Waals surface area contributed by atoms with E-state index in [0.717, 1.165) is 4.90 Å². The number of carboxylic acid groups (broad SMARTS) is 1. The van der Waals surface area contributed by atoms with Crippen molar-refractivity contribution in [3.05, 3.63) is 0 Å². The van der Waals surface area contributed by atoms with Gasteiger partial charge in [-0.2, -0.15) is 0 Å². The monoisotopic (exact) mass is 230 g/mol. The van der Waals surface area contributed by atoms with Crippen LogP contribution in [0.4, 0.5) is 4.79 Å². The van der Waals surface area contributed by atoms with Crippen LogP contribution < -0.4 is 5.32 Å². The molecule has 2 amide bonds. The summed E-state index contributed by atoms with van der Waals surface area (Å²) in [6.45, 7) is 2.31. The minimum Gasteiger partial charge on any atom is -0.466 e. The van der Waals surface area contributed by atoms with Gasteiger partial charge in [0.2, 0.25) is 5.91 Å². The third-order valence-electron chi connectivity index (χ3n) is 2.24. The molecule has 1 rings (SSSR count). The van der Waals surface area contributed by atoms with Crippen molar-refractivity contribution in [2.24, 2.45) is 0 Å². The van der Waals surface area contributed by atoms with E-state index in [1.54, 1.807) is 6.92 Å². The minimum atomic E-state index is -1.20. The SMILES string of the molecule is CCOC(=O)C[C@H]1C(=O)NCCN1C(=O)O. The van der Waals surface area contributed by atoms with E-state index in [-0.39, 0.29) is 26.1 Å². The van der Waals surface area contributed by atoms with Crippen molar-refractivity contribution in [3.63, 3.8) is 0 Å². The van der Waals surface area contributed by atoms with Gasteiger partial charge in [-0.1, -0.05) is 0 Å². The Morgan fingerprint density at radius 3 is 2.88 bits per heavy atom. The standard InChI is InChI=1S/C9H14N2O5/c1-2-16-7(12)5-6-8(13)10-3-4-11(6)9(14)15/h6H,2-5H2,1H3,(H,10,13)(H,14,15)/t6-/m0/s1. The molecule has 1 saturated heterocycles. The van der Waals surface area contributed by atoms with E-state index in [1.165, 1.54) is 0 Å². The van der Waals surface area contributed by atoms with Crippen LogP contribution in [0.2, 0.25) is 0 Å². The topological polar surface area (TPSA) is 95.9 Å². The number of piperazine rings is 1. The number of esters is 1. The van der Waals surface area contributed by atoms with Crippen LogP contribution in [0, 0.1) is 0 Å². The van der Waals surface area contributed by atoms with Crippen molar-refractivity contribution >= 4 is 18.0 Å². The molecule has 7 nitrogen and oxygen atoms in total. The Bertz CT molecular complexity index is 304. The molecule has 1 atom stereocenters. The Labute approximate surface area is 92.4 Å². The molecular formula is C9H14N2O5. The van der Waals surface area contributed by atoms with Gasteiger partial charge in [-0.3, -0.25) is 14.5 Å². The Morgan fingerprint density at radius 1 is 1.62 bits per heavy atom. The van der Waals surface area contributed by atoms with Gasteiger partial charge >= 0.3 is 12.1 Å². The molecule has 1 aliphatic heterocycles. The van der Waals surface area contributed by atoms with Crippen molar-refractivity contribution in [2.75, 3.05) is 19.7 Å². The van der Waals surface area contributed by atoms with Crippen molar-refractivity contribution in [2.45, 2.75) is 19.4 Å². The summed E-state index contributed by atoms with van der Waals surface area (Å²) < 4.78 is 4.68. The van der Waals surface area contributed by atoms with Crippen molar-refractivity contribution < 1.29 is 24.2 Å². The zero-order valence-electron chi connectivity index (χ0n) is 8.93. The van der Waals surface area contributed by atoms with Crippen molar-refractivity contribution in [1.82, 2.24) is 10.2 Å². The van der Waals surface area contributed by atoms with Crippen LogP contribution in [-0.2, 0) is 14.3 Å². The van der Waals surface area contributed by atoms with E-state index < -0.39 is 24.0 Å². The van der Waals surface area contributed by atoms with E-state index in [4.69, 9.17) is 5.11 Å². The van der Waals surface area contributed by atoms with Gasteiger partial charge in [0.05, 0.1) is 13.0 Å². The second kappa shape index (κ2) is 5.34. The number of nitrogens with one attached hydrogen (secondary N) is 1. The minimum absolute atomic E-state index is 0.186. The maximum Gasteiger partial charge on any atom is 0.408 e. The second-order valence-corrected chi connectivity index (χ2v) is 3.29. The fourth-order valence-corrected chi connectivity index (χ4v) is 1.52. The molecule has 1 aliphatic rings. The van der Waals surface area contributed by atoms with E-state index >= 15 is 0 Å². The summed E-state index contributed by atoms with van der Waals surface area (Å²) >= 11 is 0. The van der Waals surface area contributed by atoms with Crippen LogP contribution in [0.5, 0.6) is 0 Å². The largest absolute Gasteiger partial charge is 0.466 e. The van der Waals surface area contributed by atoms with E-state index in [1.807, 2.05) is 0 Å². The van der Waals surface area contributed by atoms with Crippen LogP contribution in [-0.4, -0.2) is 53.7 Å². The molecule has 0 spiro atoms. The second-order valence-electron chi connectivity index (χ2n) is 3.29. The average molecular weight is 230 g/mol. The van der Waals surface area contributed by atoms with Crippen molar-refractivity contribution in [1.29, 1.82) is 0 Å². The highest BCUT2D eigenvalue weighted by molar-refractivity contribution is 5.90. The Balaban J connectivity index is 2.67. The van der Waals surface area contributed by atoms with Crippen LogP contribution in [0.25, 0.3) is 0 Å². The van der Waals surface area contributed by atoms with Gasteiger partial charge in [-0.15, -0.1) is 0 Å². The average Bonchev–Trinajstić information content (AvgIpc) is 2.21. The summed E-state index contributed by atoms with van der Waals surface area (Å²) in [5.41, 5.74) is 0. The summed E-state index contributed by atoms with van der Waals surface area (Å²) in [6, 6.07) is -0.981. The van der Waals surface area contributed by atoms with Gasteiger partial charge < -0.3 is 15.2 Å². The molecule has 0 aromatic carbocycles. The molecule has 0 aromatic heterocycles. The Kier molecular flexibility index (Phi) is 4.10. The van der Waals surface area contributed by atoms with Crippen LogP contribution in [0.3, 0.4) is 0 Å². The number of hydrogen-bond donors (Lipinski definition) is 2. The van der Waals surface area contributed by atoms with Gasteiger partial charge in [0.15, 0.2) is 0 Å². The first-order valence-electron chi connectivity index (χ1n) is 4.99. The molecule has 0 radical (unpaired) electrons. The van der Waals surface area contributed by atoms with Crippen molar-refractivity contribution in [3.8, 4) is 0 Å². The Hall–Kier alpha value is -1.79. The predicted molar refractivity (Wildman–Crippen MR) is 52.8 cm³/mol. The zero-order valence-corrected chi connectivity index (χ0v) is 8.93. The van der Waals surface area contributed by atoms with Gasteiger partial charge in [0, 0.05) is 13.1 Å². The molecule has 90 valence electrons. The molecule has 7 heteroatoms. The van der Waals surface area contributed by atoms with Crippen LogP contribution >= 0.6 is 0 Å². The summed E-state index contributed by atoms with van der Waals surface area (Å²) in [5, 5.41) is 11.4. The van der Waals surface area contributed by atoms with E-state index in [9.17, 15) is 14.4 Å². The van der Waals surface area contributed by atoms with Gasteiger partial charge in [0.25, 0.3) is 0 Å². The number of carbonyl (C=O) groups excluding carboxylic acids is 2. The summed E-state index contributed by atoms with van der Waals surface area (Å²) in [6.07, 6.45) is -1.45. The molecular weight excluding hydrogens is 216 g/mol. The maximum atomic E-state index is 11.4. The first-order chi connectivity index (χ1) is 7.56. The lowest BCUT2D eigenvalue weighted by Crippen LogP contribution is -2.57. The maximum absolute atomic E-state index is 11.4. The highest BCUT2D eigenvalue weighted by Crippen LogP contribution is 2.09. The van der Waals surface area contributed by atoms with E-state index in [2.05, 4.69) is 10.1 Å². The van der Waals surface area contributed by atoms with Gasteiger partial charge in [0.1, 0.15) is 6.04 Å². The molecule has 0 unspecified atom stereocenters. The van der Waals surface area contributed by atoms with Crippen LogP contribution in [0.15, 0.2) is 0 Å². The molecule has 0 aromatic rings. The molecule has 0 aliphatic carbocycles. The molecule has 0 bridgehead atoms. The lowest BCUT2D eigenvalue weighted by atomic mass is 10.1.